The number of benzene rings is 2. The van der Waals surface area contributed by atoms with E-state index in [2.05, 4.69) is 46.7 Å². The Balaban J connectivity index is 1.73. The maximum absolute atomic E-state index is 13.6. The fourth-order valence-corrected chi connectivity index (χ4v) is 4.31. The van der Waals surface area contributed by atoms with Crippen molar-refractivity contribution in [2.24, 2.45) is 0 Å². The highest BCUT2D eigenvalue weighted by Gasteiger charge is 2.33. The van der Waals surface area contributed by atoms with Crippen LogP contribution < -0.4 is 4.90 Å². The molecule has 4 rings (SSSR count). The fourth-order valence-electron chi connectivity index (χ4n) is 4.31. The minimum atomic E-state index is -0.223. The fraction of sp³-hybridized carbons (Fsp3) is 0.409. The van der Waals surface area contributed by atoms with Crippen molar-refractivity contribution >= 4 is 0 Å². The molecule has 146 valence electrons. The Morgan fingerprint density at radius 1 is 1.07 bits per heavy atom. The van der Waals surface area contributed by atoms with Gasteiger partial charge in [-0.15, -0.1) is 5.10 Å². The van der Waals surface area contributed by atoms with Gasteiger partial charge in [0.1, 0.15) is 12.4 Å². The lowest BCUT2D eigenvalue weighted by molar-refractivity contribution is -0.938. The molecular weight excluding hydrogens is 353 g/mol. The van der Waals surface area contributed by atoms with Crippen molar-refractivity contribution in [3.05, 3.63) is 77.4 Å². The normalized spacial score (nSPS) is 16.9. The number of hydrogen-bond acceptors (Lipinski definition) is 3. The van der Waals surface area contributed by atoms with Gasteiger partial charge in [0, 0.05) is 11.1 Å². The van der Waals surface area contributed by atoms with Gasteiger partial charge in [-0.25, -0.2) is 9.07 Å². The van der Waals surface area contributed by atoms with Crippen LogP contribution in [0.25, 0.3) is 0 Å². The minimum Gasteiger partial charge on any atom is -0.319 e. The molecule has 1 aliphatic rings. The van der Waals surface area contributed by atoms with Gasteiger partial charge in [0.15, 0.2) is 6.04 Å². The quantitative estimate of drug-likeness (QED) is 0.685. The molecule has 0 spiro atoms. The monoisotopic (exact) mass is 380 g/mol. The molecule has 5 nitrogen and oxygen atoms in total. The molecule has 1 heterocycles. The predicted octanol–water partition coefficient (Wildman–Crippen LogP) is 3.12. The van der Waals surface area contributed by atoms with Crippen molar-refractivity contribution in [1.82, 2.24) is 20.2 Å². The molecule has 0 aliphatic heterocycles. The van der Waals surface area contributed by atoms with E-state index < -0.39 is 0 Å². The summed E-state index contributed by atoms with van der Waals surface area (Å²) < 4.78 is 15.6. The van der Waals surface area contributed by atoms with Crippen molar-refractivity contribution in [2.45, 2.75) is 51.2 Å². The first kappa shape index (κ1) is 18.7. The van der Waals surface area contributed by atoms with E-state index in [0.29, 0.717) is 6.04 Å². The number of tetrazole rings is 1. The third-order valence-corrected chi connectivity index (χ3v) is 5.79. The molecule has 1 unspecified atom stereocenters. The highest BCUT2D eigenvalue weighted by atomic mass is 19.1. The zero-order valence-corrected chi connectivity index (χ0v) is 16.3. The average molecular weight is 380 g/mol. The lowest BCUT2D eigenvalue weighted by Gasteiger charge is -2.28. The van der Waals surface area contributed by atoms with Crippen molar-refractivity contribution in [3.63, 3.8) is 0 Å². The van der Waals surface area contributed by atoms with Crippen LogP contribution in [0.5, 0.6) is 0 Å². The molecule has 0 bridgehead atoms. The summed E-state index contributed by atoms with van der Waals surface area (Å²) in [4.78, 5) is 1.34. The van der Waals surface area contributed by atoms with Crippen LogP contribution in [0.4, 0.5) is 4.39 Å². The van der Waals surface area contributed by atoms with Crippen LogP contribution in [-0.2, 0) is 6.54 Å². The SMILES string of the molecule is CC[NH+](Cc1ccccc1)[C@@H](c1ccc(F)cc1)c1nnnn1C1CCCC1. The zero-order chi connectivity index (χ0) is 19.3. The Hall–Kier alpha value is -2.60. The van der Waals surface area contributed by atoms with Crippen LogP contribution in [0.2, 0.25) is 0 Å². The summed E-state index contributed by atoms with van der Waals surface area (Å²) in [6.07, 6.45) is 4.68. The van der Waals surface area contributed by atoms with Crippen LogP contribution in [0.1, 0.15) is 61.6 Å². The Kier molecular flexibility index (Phi) is 5.76. The zero-order valence-electron chi connectivity index (χ0n) is 16.3. The van der Waals surface area contributed by atoms with Crippen LogP contribution in [0, 0.1) is 5.82 Å². The summed E-state index contributed by atoms with van der Waals surface area (Å²) in [6, 6.07) is 17.6. The first-order chi connectivity index (χ1) is 13.8. The van der Waals surface area contributed by atoms with E-state index in [4.69, 9.17) is 0 Å². The number of quaternary nitrogens is 1. The summed E-state index contributed by atoms with van der Waals surface area (Å²) in [5.74, 6) is 0.658. The summed E-state index contributed by atoms with van der Waals surface area (Å²) in [5, 5.41) is 12.8. The molecule has 0 radical (unpaired) electrons. The Morgan fingerprint density at radius 2 is 1.79 bits per heavy atom. The van der Waals surface area contributed by atoms with Crippen LogP contribution in [-0.4, -0.2) is 26.8 Å². The predicted molar refractivity (Wildman–Crippen MR) is 105 cm³/mol. The molecule has 1 fully saturated rings. The largest absolute Gasteiger partial charge is 0.319 e. The lowest BCUT2D eigenvalue weighted by atomic mass is 10.0. The summed E-state index contributed by atoms with van der Waals surface area (Å²) in [5.41, 5.74) is 2.31. The second-order valence-corrected chi connectivity index (χ2v) is 7.58. The molecule has 6 heteroatoms. The van der Waals surface area contributed by atoms with E-state index in [1.54, 1.807) is 0 Å². The standard InChI is InChI=1S/C22H26FN5/c1-2-27(16-17-8-4-3-5-9-17)21(18-12-14-19(23)15-13-18)22-24-25-26-28(22)20-10-6-7-11-20/h3-5,8-9,12-15,20-21H,2,6-7,10-11,16H2,1H3/p+1/t21-/m0/s1. The van der Waals surface area contributed by atoms with Gasteiger partial charge in [-0.3, -0.25) is 0 Å². The summed E-state index contributed by atoms with van der Waals surface area (Å²) >= 11 is 0. The molecule has 3 aromatic rings. The molecule has 1 aliphatic carbocycles. The Labute approximate surface area is 165 Å². The molecule has 28 heavy (non-hydrogen) atoms. The third kappa shape index (κ3) is 3.97. The number of aromatic nitrogens is 4. The van der Waals surface area contributed by atoms with Crippen molar-refractivity contribution in [1.29, 1.82) is 0 Å². The maximum Gasteiger partial charge on any atom is 0.214 e. The van der Waals surface area contributed by atoms with Gasteiger partial charge in [0.05, 0.1) is 12.6 Å². The Bertz CT molecular complexity index is 871. The molecule has 0 amide bonds. The van der Waals surface area contributed by atoms with E-state index in [-0.39, 0.29) is 11.9 Å². The first-order valence-electron chi connectivity index (χ1n) is 10.2. The van der Waals surface area contributed by atoms with Gasteiger partial charge in [0.2, 0.25) is 5.82 Å². The second kappa shape index (κ2) is 8.61. The van der Waals surface area contributed by atoms with Gasteiger partial charge >= 0.3 is 0 Å². The molecule has 0 saturated heterocycles. The van der Waals surface area contributed by atoms with E-state index in [1.165, 1.54) is 35.4 Å². The maximum atomic E-state index is 13.6. The van der Waals surface area contributed by atoms with Crippen LogP contribution in [0.15, 0.2) is 54.6 Å². The van der Waals surface area contributed by atoms with Gasteiger partial charge < -0.3 is 4.90 Å². The smallest absolute Gasteiger partial charge is 0.214 e. The molecule has 1 saturated carbocycles. The highest BCUT2D eigenvalue weighted by Crippen LogP contribution is 2.31. The van der Waals surface area contributed by atoms with E-state index in [0.717, 1.165) is 37.3 Å². The average Bonchev–Trinajstić information content (AvgIpc) is 3.41. The minimum absolute atomic E-state index is 0.0404. The van der Waals surface area contributed by atoms with Gasteiger partial charge in [-0.05, 0) is 54.5 Å². The van der Waals surface area contributed by atoms with Gasteiger partial charge in [0.25, 0.3) is 0 Å². The van der Waals surface area contributed by atoms with Gasteiger partial charge in [-0.1, -0.05) is 43.2 Å². The number of hydrogen-bond donors (Lipinski definition) is 1. The molecular formula is C22H27FN5+. The summed E-state index contributed by atoms with van der Waals surface area (Å²) in [6.45, 7) is 3.95. The molecule has 2 atom stereocenters. The molecule has 1 N–H and O–H groups in total. The number of rotatable bonds is 7. The van der Waals surface area contributed by atoms with Crippen molar-refractivity contribution < 1.29 is 9.29 Å². The third-order valence-electron chi connectivity index (χ3n) is 5.79. The number of nitrogens with one attached hydrogen (secondary N) is 1. The lowest BCUT2D eigenvalue weighted by Crippen LogP contribution is -3.11. The summed E-state index contributed by atoms with van der Waals surface area (Å²) in [7, 11) is 0. The Morgan fingerprint density at radius 3 is 2.46 bits per heavy atom. The van der Waals surface area contributed by atoms with E-state index >= 15 is 0 Å². The highest BCUT2D eigenvalue weighted by molar-refractivity contribution is 5.23. The van der Waals surface area contributed by atoms with Crippen molar-refractivity contribution in [3.8, 4) is 0 Å². The molecule has 1 aromatic heterocycles. The van der Waals surface area contributed by atoms with Crippen LogP contribution >= 0.6 is 0 Å². The van der Waals surface area contributed by atoms with Crippen LogP contribution in [0.3, 0.4) is 0 Å². The van der Waals surface area contributed by atoms with Gasteiger partial charge in [-0.2, -0.15) is 0 Å². The van der Waals surface area contributed by atoms with Crippen molar-refractivity contribution in [2.75, 3.05) is 6.54 Å². The van der Waals surface area contributed by atoms with E-state index in [1.807, 2.05) is 22.9 Å². The van der Waals surface area contributed by atoms with E-state index in [9.17, 15) is 4.39 Å². The number of nitrogens with zero attached hydrogens (tertiary/aromatic N) is 4. The second-order valence-electron chi connectivity index (χ2n) is 7.58. The molecule has 2 aromatic carbocycles. The number of halogens is 1. The topological polar surface area (TPSA) is 48.0 Å². The first-order valence-corrected chi connectivity index (χ1v) is 10.2.